The first kappa shape index (κ1) is 36.8. The quantitative estimate of drug-likeness (QED) is 0.140. The molecular weight excluding hydrogens is 691 g/mol. The van der Waals surface area contributed by atoms with Crippen molar-refractivity contribution in [1.29, 1.82) is 5.26 Å². The highest BCUT2D eigenvalue weighted by Crippen LogP contribution is 2.40. The molecule has 276 valence electrons. The molecule has 8 aromatic rings. The average Bonchev–Trinajstić information content (AvgIpc) is 3.26. The van der Waals surface area contributed by atoms with Gasteiger partial charge in [-0.15, -0.1) is 0 Å². The molecule has 0 atom stereocenters. The van der Waals surface area contributed by atoms with Crippen molar-refractivity contribution < 1.29 is 0 Å². The number of aryl methyl sites for hydroxylation is 2. The summed E-state index contributed by atoms with van der Waals surface area (Å²) in [6, 6.07) is 73.7. The third kappa shape index (κ3) is 7.85. The highest BCUT2D eigenvalue weighted by molar-refractivity contribution is 5.83. The van der Waals surface area contributed by atoms with Crippen LogP contribution >= 0.6 is 0 Å². The Morgan fingerprint density at radius 2 is 0.719 bits per heavy atom. The van der Waals surface area contributed by atoms with E-state index in [4.69, 9.17) is 0 Å². The van der Waals surface area contributed by atoms with Crippen LogP contribution in [0.5, 0.6) is 0 Å². The summed E-state index contributed by atoms with van der Waals surface area (Å²) in [5, 5.41) is 9.77. The van der Waals surface area contributed by atoms with Gasteiger partial charge in [-0.25, -0.2) is 0 Å². The number of anilines is 6. The van der Waals surface area contributed by atoms with E-state index >= 15 is 0 Å². The molecule has 0 bridgehead atoms. The SMILES string of the molecule is Cc1ccc(N(c2ccc(-c3ccccc3)cc2)c2ccc(-c3ccc(N(c4ccc(-c5ccccc5)cc4)c4ccc(C(C)(C)C#N)cc4)cc3)cc2)c(C)c1. The van der Waals surface area contributed by atoms with Crippen molar-refractivity contribution in [2.24, 2.45) is 0 Å². The Hall–Kier alpha value is -7.15. The standard InChI is InChI=1S/C54H45N3/c1-39-15-36-53(40(2)37-39)57(51-30-20-44(21-31-51)42-13-9-6-10-14-42)52-32-22-46(23-33-52)45-18-28-49(29-19-45)56(50-34-24-47(25-35-50)54(3,4)38-55)48-26-16-43(17-27-48)41-11-7-5-8-12-41/h5-37H,1-4H3. The summed E-state index contributed by atoms with van der Waals surface area (Å²) >= 11 is 0. The van der Waals surface area contributed by atoms with Crippen molar-refractivity contribution in [1.82, 2.24) is 0 Å². The molecule has 8 aromatic carbocycles. The van der Waals surface area contributed by atoms with E-state index in [0.29, 0.717) is 0 Å². The van der Waals surface area contributed by atoms with Crippen molar-refractivity contribution in [2.75, 3.05) is 9.80 Å². The smallest absolute Gasteiger partial charge is 0.0766 e. The van der Waals surface area contributed by atoms with Crippen LogP contribution in [0.25, 0.3) is 33.4 Å². The lowest BCUT2D eigenvalue weighted by Gasteiger charge is -2.28. The third-order valence-corrected chi connectivity index (χ3v) is 10.8. The summed E-state index contributed by atoms with van der Waals surface area (Å²) in [5.74, 6) is 0. The molecular formula is C54H45N3. The fraction of sp³-hybridized carbons (Fsp3) is 0.0926. The number of rotatable bonds is 10. The molecule has 0 aliphatic rings. The molecule has 0 heterocycles. The van der Waals surface area contributed by atoms with E-state index in [1.165, 1.54) is 33.4 Å². The average molecular weight is 736 g/mol. The van der Waals surface area contributed by atoms with Gasteiger partial charge in [0.2, 0.25) is 0 Å². The minimum absolute atomic E-state index is 0.569. The van der Waals surface area contributed by atoms with Crippen LogP contribution in [0.1, 0.15) is 30.5 Å². The van der Waals surface area contributed by atoms with Gasteiger partial charge < -0.3 is 9.80 Å². The second-order valence-corrected chi connectivity index (χ2v) is 15.2. The summed E-state index contributed by atoms with van der Waals surface area (Å²) in [7, 11) is 0. The Morgan fingerprint density at radius 3 is 1.07 bits per heavy atom. The lowest BCUT2D eigenvalue weighted by atomic mass is 9.86. The molecule has 0 aliphatic heterocycles. The molecule has 0 saturated heterocycles. The summed E-state index contributed by atoms with van der Waals surface area (Å²) < 4.78 is 0. The second-order valence-electron chi connectivity index (χ2n) is 15.2. The normalized spacial score (nSPS) is 11.1. The molecule has 8 rings (SSSR count). The molecule has 0 aliphatic carbocycles. The van der Waals surface area contributed by atoms with Crippen molar-refractivity contribution in [2.45, 2.75) is 33.1 Å². The predicted octanol–water partition coefficient (Wildman–Crippen LogP) is 15.0. The Labute approximate surface area is 337 Å². The van der Waals surface area contributed by atoms with Crippen molar-refractivity contribution in [3.05, 3.63) is 217 Å². The highest BCUT2D eigenvalue weighted by atomic mass is 15.1. The van der Waals surface area contributed by atoms with Crippen LogP contribution in [0.4, 0.5) is 34.1 Å². The molecule has 0 radical (unpaired) electrons. The van der Waals surface area contributed by atoms with E-state index in [-0.39, 0.29) is 0 Å². The summed E-state index contributed by atoms with van der Waals surface area (Å²) in [4.78, 5) is 4.62. The predicted molar refractivity (Wildman–Crippen MR) is 240 cm³/mol. The van der Waals surface area contributed by atoms with Gasteiger partial charge in [-0.2, -0.15) is 5.26 Å². The van der Waals surface area contributed by atoms with E-state index in [2.05, 4.69) is 224 Å². The van der Waals surface area contributed by atoms with Gasteiger partial charge in [-0.1, -0.05) is 139 Å². The van der Waals surface area contributed by atoms with Crippen LogP contribution in [-0.4, -0.2) is 0 Å². The zero-order valence-electron chi connectivity index (χ0n) is 32.9. The van der Waals surface area contributed by atoms with Gasteiger partial charge in [0.15, 0.2) is 0 Å². The Bertz CT molecular complexity index is 2620. The van der Waals surface area contributed by atoms with Crippen LogP contribution in [0.15, 0.2) is 200 Å². The Morgan fingerprint density at radius 1 is 0.386 bits per heavy atom. The molecule has 0 amide bonds. The van der Waals surface area contributed by atoms with Gasteiger partial charge in [0, 0.05) is 34.1 Å². The minimum atomic E-state index is -0.569. The van der Waals surface area contributed by atoms with Gasteiger partial charge in [-0.05, 0) is 139 Å². The minimum Gasteiger partial charge on any atom is -0.311 e. The fourth-order valence-corrected chi connectivity index (χ4v) is 7.50. The third-order valence-electron chi connectivity index (χ3n) is 10.8. The second kappa shape index (κ2) is 15.9. The van der Waals surface area contributed by atoms with Gasteiger partial charge in [0.1, 0.15) is 0 Å². The molecule has 0 N–H and O–H groups in total. The molecule has 0 fully saturated rings. The first-order valence-corrected chi connectivity index (χ1v) is 19.5. The molecule has 57 heavy (non-hydrogen) atoms. The van der Waals surface area contributed by atoms with Gasteiger partial charge in [-0.3, -0.25) is 0 Å². The van der Waals surface area contributed by atoms with Crippen LogP contribution in [0, 0.1) is 25.2 Å². The van der Waals surface area contributed by atoms with Gasteiger partial charge >= 0.3 is 0 Å². The maximum atomic E-state index is 9.77. The first-order valence-electron chi connectivity index (χ1n) is 19.5. The maximum absolute atomic E-state index is 9.77. The lowest BCUT2D eigenvalue weighted by molar-refractivity contribution is 0.687. The van der Waals surface area contributed by atoms with E-state index in [1.807, 2.05) is 19.9 Å². The number of nitriles is 1. The van der Waals surface area contributed by atoms with Crippen LogP contribution < -0.4 is 9.80 Å². The first-order chi connectivity index (χ1) is 27.8. The van der Waals surface area contributed by atoms with Crippen LogP contribution in [0.2, 0.25) is 0 Å². The largest absolute Gasteiger partial charge is 0.311 e. The Balaban J connectivity index is 1.11. The van der Waals surface area contributed by atoms with Crippen molar-refractivity contribution in [3.63, 3.8) is 0 Å². The molecule has 3 nitrogen and oxygen atoms in total. The van der Waals surface area contributed by atoms with Crippen LogP contribution in [0.3, 0.4) is 0 Å². The summed E-state index contributed by atoms with van der Waals surface area (Å²) in [6.45, 7) is 8.24. The summed E-state index contributed by atoms with van der Waals surface area (Å²) in [6.07, 6.45) is 0. The molecule has 0 spiro atoms. The van der Waals surface area contributed by atoms with E-state index in [0.717, 1.165) is 50.8 Å². The van der Waals surface area contributed by atoms with E-state index < -0.39 is 5.41 Å². The lowest BCUT2D eigenvalue weighted by Crippen LogP contribution is -2.14. The zero-order chi connectivity index (χ0) is 39.4. The number of nitrogens with zero attached hydrogens (tertiary/aromatic N) is 3. The van der Waals surface area contributed by atoms with Crippen molar-refractivity contribution >= 4 is 34.1 Å². The number of benzene rings is 8. The zero-order valence-corrected chi connectivity index (χ0v) is 32.9. The van der Waals surface area contributed by atoms with E-state index in [1.54, 1.807) is 0 Å². The molecule has 3 heteroatoms. The van der Waals surface area contributed by atoms with Gasteiger partial charge in [0.05, 0.1) is 11.5 Å². The molecule has 0 unspecified atom stereocenters. The Kier molecular flexibility index (Phi) is 10.3. The molecule has 0 aromatic heterocycles. The van der Waals surface area contributed by atoms with Crippen molar-refractivity contribution in [3.8, 4) is 39.4 Å². The number of hydrogen-bond donors (Lipinski definition) is 0. The monoisotopic (exact) mass is 735 g/mol. The topological polar surface area (TPSA) is 30.3 Å². The summed E-state index contributed by atoms with van der Waals surface area (Å²) in [5.41, 5.74) is 16.5. The van der Waals surface area contributed by atoms with Gasteiger partial charge in [0.25, 0.3) is 0 Å². The number of hydrogen-bond acceptors (Lipinski definition) is 3. The van der Waals surface area contributed by atoms with Crippen LogP contribution in [-0.2, 0) is 5.41 Å². The highest BCUT2D eigenvalue weighted by Gasteiger charge is 2.21. The fourth-order valence-electron chi connectivity index (χ4n) is 7.50. The molecule has 0 saturated carbocycles. The van der Waals surface area contributed by atoms with E-state index in [9.17, 15) is 5.26 Å². The maximum Gasteiger partial charge on any atom is 0.0766 e.